The van der Waals surface area contributed by atoms with E-state index in [-0.39, 0.29) is 0 Å². The highest BCUT2D eigenvalue weighted by atomic mass is 14.2. The third kappa shape index (κ3) is 7.84. The summed E-state index contributed by atoms with van der Waals surface area (Å²) in [4.78, 5) is 0. The minimum absolute atomic E-state index is 0.481. The SMILES string of the molecule is CC(C)=CCC(C)CC(C)(C)C. The molecule has 0 aliphatic carbocycles. The summed E-state index contributed by atoms with van der Waals surface area (Å²) in [6, 6.07) is 0. The van der Waals surface area contributed by atoms with Crippen LogP contribution in [0.1, 0.15) is 54.4 Å². The molecule has 0 heteroatoms. The molecule has 0 nitrogen and oxygen atoms in total. The maximum Gasteiger partial charge on any atom is -0.0322 e. The van der Waals surface area contributed by atoms with Crippen LogP contribution in [0.2, 0.25) is 0 Å². The minimum Gasteiger partial charge on any atom is -0.0856 e. The van der Waals surface area contributed by atoms with Crippen LogP contribution in [0, 0.1) is 11.3 Å². The Morgan fingerprint density at radius 2 is 1.75 bits per heavy atom. The number of allylic oxidation sites excluding steroid dienone is 2. The molecule has 0 aliphatic rings. The smallest absolute Gasteiger partial charge is 0.0322 e. The molecule has 1 unspecified atom stereocenters. The van der Waals surface area contributed by atoms with Crippen LogP contribution in [0.5, 0.6) is 0 Å². The zero-order chi connectivity index (χ0) is 9.78. The van der Waals surface area contributed by atoms with E-state index in [0.29, 0.717) is 5.41 Å². The molecule has 0 N–H and O–H groups in total. The Morgan fingerprint density at radius 3 is 2.08 bits per heavy atom. The first-order chi connectivity index (χ1) is 5.31. The van der Waals surface area contributed by atoms with Gasteiger partial charge in [-0.1, -0.05) is 39.3 Å². The van der Waals surface area contributed by atoms with E-state index in [2.05, 4.69) is 47.6 Å². The lowest BCUT2D eigenvalue weighted by atomic mass is 9.84. The zero-order valence-electron chi connectivity index (χ0n) is 9.57. The molecule has 0 heterocycles. The predicted molar refractivity (Wildman–Crippen MR) is 57.3 cm³/mol. The van der Waals surface area contributed by atoms with E-state index in [1.165, 1.54) is 18.4 Å². The molecule has 0 aliphatic heterocycles. The van der Waals surface area contributed by atoms with Gasteiger partial charge in [-0.05, 0) is 38.0 Å². The molecule has 0 aromatic carbocycles. The van der Waals surface area contributed by atoms with E-state index < -0.39 is 0 Å². The fourth-order valence-electron chi connectivity index (χ4n) is 1.57. The topological polar surface area (TPSA) is 0 Å². The average Bonchev–Trinajstić information content (AvgIpc) is 1.79. The van der Waals surface area contributed by atoms with Crippen molar-refractivity contribution in [3.8, 4) is 0 Å². The van der Waals surface area contributed by atoms with Crippen molar-refractivity contribution in [2.45, 2.75) is 54.4 Å². The van der Waals surface area contributed by atoms with Gasteiger partial charge in [0.05, 0.1) is 0 Å². The molecule has 0 bridgehead atoms. The molecule has 0 amide bonds. The molecular weight excluding hydrogens is 144 g/mol. The van der Waals surface area contributed by atoms with E-state index in [0.717, 1.165) is 5.92 Å². The molecule has 0 aromatic heterocycles. The Labute approximate surface area is 78.1 Å². The standard InChI is InChI=1S/C12H24/c1-10(2)7-8-11(3)9-12(4,5)6/h7,11H,8-9H2,1-6H3. The first-order valence-corrected chi connectivity index (χ1v) is 4.94. The number of hydrogen-bond donors (Lipinski definition) is 0. The third-order valence-corrected chi connectivity index (χ3v) is 1.89. The highest BCUT2D eigenvalue weighted by Crippen LogP contribution is 2.26. The summed E-state index contributed by atoms with van der Waals surface area (Å²) < 4.78 is 0. The Balaban J connectivity index is 3.75. The number of rotatable bonds is 3. The molecule has 1 atom stereocenters. The van der Waals surface area contributed by atoms with Crippen molar-refractivity contribution in [3.63, 3.8) is 0 Å². The summed E-state index contributed by atoms with van der Waals surface area (Å²) in [7, 11) is 0. The molecule has 0 saturated heterocycles. The molecular formula is C12H24. The van der Waals surface area contributed by atoms with Crippen LogP contribution in [0.3, 0.4) is 0 Å². The van der Waals surface area contributed by atoms with Crippen LogP contribution in [0.25, 0.3) is 0 Å². The van der Waals surface area contributed by atoms with Gasteiger partial charge in [0, 0.05) is 0 Å². The van der Waals surface area contributed by atoms with Crippen molar-refractivity contribution in [1.82, 2.24) is 0 Å². The van der Waals surface area contributed by atoms with Gasteiger partial charge in [0.2, 0.25) is 0 Å². The van der Waals surface area contributed by atoms with Gasteiger partial charge in [0.25, 0.3) is 0 Å². The van der Waals surface area contributed by atoms with Gasteiger partial charge < -0.3 is 0 Å². The van der Waals surface area contributed by atoms with Gasteiger partial charge in [-0.25, -0.2) is 0 Å². The largest absolute Gasteiger partial charge is 0.0856 e. The summed E-state index contributed by atoms with van der Waals surface area (Å²) >= 11 is 0. The summed E-state index contributed by atoms with van der Waals surface area (Å²) in [5, 5.41) is 0. The molecule has 0 saturated carbocycles. The second-order valence-electron chi connectivity index (χ2n) is 5.39. The molecule has 0 rings (SSSR count). The Bertz CT molecular complexity index is 142. The lowest BCUT2D eigenvalue weighted by Gasteiger charge is -2.22. The lowest BCUT2D eigenvalue weighted by Crippen LogP contribution is -2.10. The van der Waals surface area contributed by atoms with Gasteiger partial charge in [0.15, 0.2) is 0 Å². The van der Waals surface area contributed by atoms with Crippen LogP contribution in [-0.2, 0) is 0 Å². The van der Waals surface area contributed by atoms with Gasteiger partial charge in [-0.2, -0.15) is 0 Å². The van der Waals surface area contributed by atoms with Crippen LogP contribution in [0.15, 0.2) is 11.6 Å². The van der Waals surface area contributed by atoms with Crippen LogP contribution < -0.4 is 0 Å². The van der Waals surface area contributed by atoms with E-state index in [1.807, 2.05) is 0 Å². The first kappa shape index (κ1) is 11.7. The maximum absolute atomic E-state index is 2.34. The van der Waals surface area contributed by atoms with E-state index in [9.17, 15) is 0 Å². The normalized spacial score (nSPS) is 14.2. The van der Waals surface area contributed by atoms with Crippen molar-refractivity contribution in [1.29, 1.82) is 0 Å². The van der Waals surface area contributed by atoms with Crippen molar-refractivity contribution < 1.29 is 0 Å². The van der Waals surface area contributed by atoms with Crippen LogP contribution >= 0.6 is 0 Å². The van der Waals surface area contributed by atoms with E-state index in [4.69, 9.17) is 0 Å². The summed E-state index contributed by atoms with van der Waals surface area (Å²) in [6.45, 7) is 13.6. The molecule has 0 spiro atoms. The van der Waals surface area contributed by atoms with Crippen molar-refractivity contribution in [2.24, 2.45) is 11.3 Å². The third-order valence-electron chi connectivity index (χ3n) is 1.89. The Hall–Kier alpha value is -0.260. The Kier molecular flexibility index (Phi) is 4.59. The second-order valence-corrected chi connectivity index (χ2v) is 5.39. The second kappa shape index (κ2) is 4.69. The summed E-state index contributed by atoms with van der Waals surface area (Å²) in [6.07, 6.45) is 4.90. The lowest BCUT2D eigenvalue weighted by molar-refractivity contribution is 0.308. The fraction of sp³-hybridized carbons (Fsp3) is 0.833. The molecule has 12 heavy (non-hydrogen) atoms. The average molecular weight is 168 g/mol. The summed E-state index contributed by atoms with van der Waals surface area (Å²) in [5.74, 6) is 0.819. The van der Waals surface area contributed by atoms with Crippen molar-refractivity contribution >= 4 is 0 Å². The van der Waals surface area contributed by atoms with Crippen LogP contribution in [0.4, 0.5) is 0 Å². The predicted octanol–water partition coefficient (Wildman–Crippen LogP) is 4.42. The Morgan fingerprint density at radius 1 is 1.25 bits per heavy atom. The van der Waals surface area contributed by atoms with E-state index >= 15 is 0 Å². The highest BCUT2D eigenvalue weighted by molar-refractivity contribution is 4.93. The van der Waals surface area contributed by atoms with E-state index in [1.54, 1.807) is 0 Å². The maximum atomic E-state index is 2.34. The quantitative estimate of drug-likeness (QED) is 0.547. The van der Waals surface area contributed by atoms with Gasteiger partial charge in [-0.15, -0.1) is 0 Å². The van der Waals surface area contributed by atoms with Crippen molar-refractivity contribution in [2.75, 3.05) is 0 Å². The molecule has 0 radical (unpaired) electrons. The molecule has 0 aromatic rings. The number of hydrogen-bond acceptors (Lipinski definition) is 0. The molecule has 72 valence electrons. The van der Waals surface area contributed by atoms with Gasteiger partial charge in [0.1, 0.15) is 0 Å². The monoisotopic (exact) mass is 168 g/mol. The van der Waals surface area contributed by atoms with Crippen LogP contribution in [-0.4, -0.2) is 0 Å². The summed E-state index contributed by atoms with van der Waals surface area (Å²) in [5.41, 5.74) is 1.92. The van der Waals surface area contributed by atoms with Gasteiger partial charge in [-0.3, -0.25) is 0 Å². The fourth-order valence-corrected chi connectivity index (χ4v) is 1.57. The minimum atomic E-state index is 0.481. The van der Waals surface area contributed by atoms with Crippen molar-refractivity contribution in [3.05, 3.63) is 11.6 Å². The molecule has 0 fully saturated rings. The zero-order valence-corrected chi connectivity index (χ0v) is 9.57. The van der Waals surface area contributed by atoms with Gasteiger partial charge >= 0.3 is 0 Å². The highest BCUT2D eigenvalue weighted by Gasteiger charge is 2.13. The first-order valence-electron chi connectivity index (χ1n) is 4.94.